The molecule has 1 fully saturated rings. The Morgan fingerprint density at radius 1 is 1.15 bits per heavy atom. The van der Waals surface area contributed by atoms with E-state index in [2.05, 4.69) is 10.6 Å². The van der Waals surface area contributed by atoms with E-state index in [1.807, 2.05) is 0 Å². The van der Waals surface area contributed by atoms with Crippen LogP contribution in [0.5, 0.6) is 0 Å². The maximum atomic E-state index is 13.5. The van der Waals surface area contributed by atoms with Gasteiger partial charge in [-0.15, -0.1) is 0 Å². The van der Waals surface area contributed by atoms with E-state index in [4.69, 9.17) is 0 Å². The van der Waals surface area contributed by atoms with Crippen molar-refractivity contribution in [3.63, 3.8) is 0 Å². The molecule has 2 N–H and O–H groups in total. The minimum atomic E-state index is -3.26. The van der Waals surface area contributed by atoms with Crippen molar-refractivity contribution >= 4 is 33.1 Å². The summed E-state index contributed by atoms with van der Waals surface area (Å²) in [4.78, 5) is 38.8. The lowest BCUT2D eigenvalue weighted by Gasteiger charge is -2.35. The van der Waals surface area contributed by atoms with E-state index >= 15 is 0 Å². The van der Waals surface area contributed by atoms with Crippen LogP contribution in [0.15, 0.2) is 18.2 Å². The van der Waals surface area contributed by atoms with Crippen LogP contribution in [-0.2, 0) is 21.7 Å². The second-order valence-electron chi connectivity index (χ2n) is 9.48. The first-order valence-electron chi connectivity index (χ1n) is 11.0. The third-order valence-electron chi connectivity index (χ3n) is 6.64. The Morgan fingerprint density at radius 3 is 2.38 bits per heavy atom. The number of amides is 2. The van der Waals surface area contributed by atoms with Crippen LogP contribution in [0.1, 0.15) is 64.4 Å². The van der Waals surface area contributed by atoms with E-state index in [0.717, 1.165) is 0 Å². The Hall–Kier alpha value is -3.01. The number of anilines is 1. The summed E-state index contributed by atoms with van der Waals surface area (Å²) in [5, 5.41) is 5.38. The van der Waals surface area contributed by atoms with E-state index in [1.165, 1.54) is 22.8 Å². The second-order valence-corrected chi connectivity index (χ2v) is 12.2. The number of Topliss-reactive ketones (excluding diaryl/α,β-unsaturated/α-hetero) is 1. The van der Waals surface area contributed by atoms with Gasteiger partial charge < -0.3 is 15.2 Å². The normalized spacial score (nSPS) is 18.9. The number of hydrogen-bond acceptors (Lipinski definition) is 5. The zero-order valence-electron chi connectivity index (χ0n) is 20.2. The smallest absolute Gasteiger partial charge is 0.294 e. The summed E-state index contributed by atoms with van der Waals surface area (Å²) in [5.74, 6) is -2.57. The van der Waals surface area contributed by atoms with E-state index < -0.39 is 38.2 Å². The van der Waals surface area contributed by atoms with Gasteiger partial charge in [-0.1, -0.05) is 0 Å². The standard InChI is InChI=1S/C24H30FN3O5S/c1-13-11-16(7-8-18(13)25)26-22(30)19-14(2)20(28(6)15(19)3)21(29)23(31)27-17-9-10-34(32,33)24(4,5)12-17/h7-8,11,17H,9-10,12H2,1-6H3,(H,26,30)(H,27,31). The van der Waals surface area contributed by atoms with Gasteiger partial charge in [0.2, 0.25) is 0 Å². The van der Waals surface area contributed by atoms with Gasteiger partial charge in [0.25, 0.3) is 17.6 Å². The molecule has 0 saturated carbocycles. The van der Waals surface area contributed by atoms with Crippen molar-refractivity contribution in [2.45, 2.75) is 58.2 Å². The van der Waals surface area contributed by atoms with Gasteiger partial charge in [0.05, 0.1) is 21.8 Å². The van der Waals surface area contributed by atoms with Crippen molar-refractivity contribution in [3.05, 3.63) is 52.1 Å². The maximum Gasteiger partial charge on any atom is 0.294 e. The van der Waals surface area contributed by atoms with Crippen molar-refractivity contribution in [1.29, 1.82) is 0 Å². The number of nitrogens with one attached hydrogen (secondary N) is 2. The number of carbonyl (C=O) groups excluding carboxylic acids is 3. The molecule has 184 valence electrons. The number of sulfone groups is 1. The van der Waals surface area contributed by atoms with E-state index in [9.17, 15) is 27.2 Å². The first kappa shape index (κ1) is 25.6. The lowest BCUT2D eigenvalue weighted by Crippen LogP contribution is -2.50. The van der Waals surface area contributed by atoms with Gasteiger partial charge >= 0.3 is 0 Å². The molecule has 2 amide bonds. The highest BCUT2D eigenvalue weighted by Crippen LogP contribution is 2.30. The molecule has 10 heteroatoms. The molecule has 8 nitrogen and oxygen atoms in total. The van der Waals surface area contributed by atoms with Crippen LogP contribution in [0.4, 0.5) is 10.1 Å². The van der Waals surface area contributed by atoms with Crippen LogP contribution in [0.3, 0.4) is 0 Å². The van der Waals surface area contributed by atoms with Gasteiger partial charge in [-0.3, -0.25) is 14.4 Å². The molecule has 0 radical (unpaired) electrons. The molecule has 1 aromatic heterocycles. The van der Waals surface area contributed by atoms with Crippen molar-refractivity contribution in [3.8, 4) is 0 Å². The van der Waals surface area contributed by atoms with Crippen LogP contribution in [0.2, 0.25) is 0 Å². The molecule has 2 heterocycles. The van der Waals surface area contributed by atoms with Crippen molar-refractivity contribution in [1.82, 2.24) is 9.88 Å². The quantitative estimate of drug-likeness (QED) is 0.493. The molecule has 1 aromatic carbocycles. The summed E-state index contributed by atoms with van der Waals surface area (Å²) in [6, 6.07) is 3.76. The average Bonchev–Trinajstić information content (AvgIpc) is 2.95. The molecule has 3 rings (SSSR count). The fourth-order valence-electron chi connectivity index (χ4n) is 4.43. The number of aromatic nitrogens is 1. The van der Waals surface area contributed by atoms with Crippen molar-refractivity contribution < 1.29 is 27.2 Å². The number of rotatable bonds is 5. The lowest BCUT2D eigenvalue weighted by molar-refractivity contribution is -0.117. The van der Waals surface area contributed by atoms with Crippen molar-refractivity contribution in [2.24, 2.45) is 7.05 Å². The first-order valence-corrected chi connectivity index (χ1v) is 12.6. The molecule has 1 unspecified atom stereocenters. The average molecular weight is 492 g/mol. The maximum absolute atomic E-state index is 13.5. The highest BCUT2D eigenvalue weighted by molar-refractivity contribution is 7.92. The van der Waals surface area contributed by atoms with Gasteiger partial charge in [0.1, 0.15) is 5.82 Å². The van der Waals surface area contributed by atoms with Gasteiger partial charge in [-0.25, -0.2) is 12.8 Å². The molecule has 1 aliphatic rings. The molecule has 1 saturated heterocycles. The number of hydrogen-bond donors (Lipinski definition) is 2. The minimum absolute atomic E-state index is 0.0609. The Bertz CT molecular complexity index is 1290. The molecule has 0 spiro atoms. The Labute approximate surface area is 198 Å². The summed E-state index contributed by atoms with van der Waals surface area (Å²) in [5.41, 5.74) is 1.97. The van der Waals surface area contributed by atoms with E-state index in [-0.39, 0.29) is 35.7 Å². The molecule has 0 bridgehead atoms. The number of aryl methyl sites for hydroxylation is 1. The summed E-state index contributed by atoms with van der Waals surface area (Å²) in [7, 11) is -1.67. The Kier molecular flexibility index (Phi) is 6.76. The lowest BCUT2D eigenvalue weighted by atomic mass is 9.99. The number of benzene rings is 1. The van der Waals surface area contributed by atoms with E-state index in [0.29, 0.717) is 22.5 Å². The summed E-state index contributed by atoms with van der Waals surface area (Å²) in [6.45, 7) is 8.07. The zero-order valence-corrected chi connectivity index (χ0v) is 21.0. The fourth-order valence-corrected chi connectivity index (χ4v) is 6.03. The van der Waals surface area contributed by atoms with Crippen LogP contribution >= 0.6 is 0 Å². The molecular formula is C24H30FN3O5S. The van der Waals surface area contributed by atoms with E-state index in [1.54, 1.807) is 41.7 Å². The molecule has 0 aliphatic carbocycles. The Morgan fingerprint density at radius 2 is 1.79 bits per heavy atom. The van der Waals surface area contributed by atoms with Crippen LogP contribution in [-0.4, -0.2) is 47.1 Å². The highest BCUT2D eigenvalue weighted by Gasteiger charge is 2.42. The largest absolute Gasteiger partial charge is 0.346 e. The van der Waals surface area contributed by atoms with Crippen LogP contribution in [0, 0.1) is 26.6 Å². The number of halogens is 1. The third kappa shape index (κ3) is 4.64. The summed E-state index contributed by atoms with van der Waals surface area (Å²) >= 11 is 0. The Balaban J connectivity index is 1.81. The van der Waals surface area contributed by atoms with Gasteiger partial charge in [0.15, 0.2) is 9.84 Å². The summed E-state index contributed by atoms with van der Waals surface area (Å²) in [6.07, 6.45) is 0.449. The zero-order chi connectivity index (χ0) is 25.6. The molecule has 2 aromatic rings. The molecular weight excluding hydrogens is 461 g/mol. The topological polar surface area (TPSA) is 114 Å². The summed E-state index contributed by atoms with van der Waals surface area (Å²) < 4.78 is 38.5. The number of ketones is 1. The molecule has 1 aliphatic heterocycles. The number of nitrogens with zero attached hydrogens (tertiary/aromatic N) is 1. The highest BCUT2D eigenvalue weighted by atomic mass is 32.2. The van der Waals surface area contributed by atoms with Crippen LogP contribution in [0.25, 0.3) is 0 Å². The predicted octanol–water partition coefficient (Wildman–Crippen LogP) is 3.00. The van der Waals surface area contributed by atoms with Gasteiger partial charge in [0, 0.05) is 24.5 Å². The SMILES string of the molecule is Cc1cc(NC(=O)c2c(C)c(C(=O)C(=O)NC3CCS(=O)(=O)C(C)(C)C3)n(C)c2C)ccc1F. The predicted molar refractivity (Wildman–Crippen MR) is 127 cm³/mol. The second kappa shape index (κ2) is 8.98. The van der Waals surface area contributed by atoms with Gasteiger partial charge in [-0.2, -0.15) is 0 Å². The number of carbonyl (C=O) groups is 3. The third-order valence-corrected chi connectivity index (χ3v) is 9.27. The fraction of sp³-hybridized carbons (Fsp3) is 0.458. The minimum Gasteiger partial charge on any atom is -0.346 e. The van der Waals surface area contributed by atoms with Crippen molar-refractivity contribution in [2.75, 3.05) is 11.1 Å². The monoisotopic (exact) mass is 491 g/mol. The molecule has 34 heavy (non-hydrogen) atoms. The van der Waals surface area contributed by atoms with Gasteiger partial charge in [-0.05, 0) is 76.8 Å². The molecule has 1 atom stereocenters. The first-order chi connectivity index (χ1) is 15.7. The van der Waals surface area contributed by atoms with Crippen LogP contribution < -0.4 is 10.6 Å².